The summed E-state index contributed by atoms with van der Waals surface area (Å²) in [6.07, 6.45) is 4.59. The molecule has 0 aliphatic heterocycles. The summed E-state index contributed by atoms with van der Waals surface area (Å²) in [5.74, 6) is -0.170. The Morgan fingerprint density at radius 1 is 1.14 bits per heavy atom. The Morgan fingerprint density at radius 3 is 2.29 bits per heavy atom. The maximum absolute atomic E-state index is 12.5. The van der Waals surface area contributed by atoms with Crippen LogP contribution in [0.2, 0.25) is 0 Å². The second-order valence-electron chi connectivity index (χ2n) is 6.03. The molecule has 21 heavy (non-hydrogen) atoms. The second-order valence-corrected chi connectivity index (χ2v) is 7.57. The van der Waals surface area contributed by atoms with E-state index in [1.807, 2.05) is 6.92 Å². The summed E-state index contributed by atoms with van der Waals surface area (Å²) in [6.45, 7) is 1.89. The van der Waals surface area contributed by atoms with Gasteiger partial charge in [-0.1, -0.05) is 12.5 Å². The van der Waals surface area contributed by atoms with Crippen molar-refractivity contribution in [1.29, 1.82) is 0 Å². The highest BCUT2D eigenvalue weighted by Crippen LogP contribution is 2.53. The molecule has 0 amide bonds. The number of hydrogen-bond donors (Lipinski definition) is 0. The molecule has 1 spiro atoms. The van der Waals surface area contributed by atoms with E-state index in [0.717, 1.165) is 36.8 Å². The number of hydrogen-bond acceptors (Lipinski definition) is 3. The lowest BCUT2D eigenvalue weighted by molar-refractivity contribution is -0.0500. The molecule has 0 aromatic heterocycles. The zero-order valence-corrected chi connectivity index (χ0v) is 12.3. The highest BCUT2D eigenvalue weighted by atomic mass is 32.2. The van der Waals surface area contributed by atoms with Gasteiger partial charge in [0.15, 0.2) is 0 Å². The van der Waals surface area contributed by atoms with Crippen molar-refractivity contribution in [3.8, 4) is 5.75 Å². The SMILES string of the molecule is Cc1ccc(OS(=O)(=O)C(F)(F)F)c2c1CC1(CCC1)C2. The van der Waals surface area contributed by atoms with E-state index in [2.05, 4.69) is 4.18 Å². The molecule has 0 N–H and O–H groups in total. The van der Waals surface area contributed by atoms with Crippen molar-refractivity contribution < 1.29 is 25.8 Å². The molecule has 3 nitrogen and oxygen atoms in total. The fourth-order valence-electron chi connectivity index (χ4n) is 3.31. The van der Waals surface area contributed by atoms with Crippen LogP contribution in [0, 0.1) is 12.3 Å². The average molecular weight is 320 g/mol. The standard InChI is InChI=1S/C14H15F3O3S/c1-9-3-4-12(20-21(18,19)14(15,16)17)11-8-13(5-2-6-13)7-10(9)11/h3-4H,2,5-8H2,1H3. The van der Waals surface area contributed by atoms with E-state index in [1.165, 1.54) is 6.07 Å². The molecule has 0 bridgehead atoms. The number of aryl methyl sites for hydroxylation is 1. The van der Waals surface area contributed by atoms with Gasteiger partial charge in [-0.25, -0.2) is 0 Å². The predicted molar refractivity (Wildman–Crippen MR) is 70.5 cm³/mol. The number of rotatable bonds is 2. The lowest BCUT2D eigenvalue weighted by Crippen LogP contribution is -2.30. The summed E-state index contributed by atoms with van der Waals surface area (Å²) < 4.78 is 64.2. The minimum absolute atomic E-state index is 0.106. The van der Waals surface area contributed by atoms with Gasteiger partial charge in [-0.05, 0) is 60.8 Å². The normalized spacial score (nSPS) is 20.2. The molecule has 2 aliphatic rings. The van der Waals surface area contributed by atoms with Crippen LogP contribution in [0.1, 0.15) is 36.0 Å². The first kappa shape index (κ1) is 14.7. The van der Waals surface area contributed by atoms with Gasteiger partial charge in [0, 0.05) is 0 Å². The Bertz CT molecular complexity index is 688. The Morgan fingerprint density at radius 2 is 1.76 bits per heavy atom. The molecule has 3 rings (SSSR count). The van der Waals surface area contributed by atoms with Gasteiger partial charge in [0.05, 0.1) is 0 Å². The molecule has 7 heteroatoms. The zero-order valence-electron chi connectivity index (χ0n) is 11.5. The van der Waals surface area contributed by atoms with Gasteiger partial charge in [0.1, 0.15) is 5.75 Å². The van der Waals surface area contributed by atoms with Crippen molar-refractivity contribution in [1.82, 2.24) is 0 Å². The topological polar surface area (TPSA) is 43.4 Å². The van der Waals surface area contributed by atoms with Gasteiger partial charge >= 0.3 is 15.6 Å². The quantitative estimate of drug-likeness (QED) is 0.619. The van der Waals surface area contributed by atoms with E-state index in [0.29, 0.717) is 12.0 Å². The van der Waals surface area contributed by atoms with Crippen LogP contribution in [0.3, 0.4) is 0 Å². The van der Waals surface area contributed by atoms with Crippen LogP contribution in [0.25, 0.3) is 0 Å². The van der Waals surface area contributed by atoms with Crippen molar-refractivity contribution >= 4 is 10.1 Å². The first-order valence-electron chi connectivity index (χ1n) is 6.76. The van der Waals surface area contributed by atoms with Gasteiger partial charge in [-0.3, -0.25) is 0 Å². The van der Waals surface area contributed by atoms with Crippen molar-refractivity contribution in [2.24, 2.45) is 5.41 Å². The zero-order chi connectivity index (χ0) is 15.5. The first-order valence-corrected chi connectivity index (χ1v) is 8.17. The van der Waals surface area contributed by atoms with Crippen LogP contribution < -0.4 is 4.18 Å². The van der Waals surface area contributed by atoms with Crippen LogP contribution >= 0.6 is 0 Å². The Hall–Kier alpha value is -1.24. The maximum atomic E-state index is 12.5. The minimum Gasteiger partial charge on any atom is -0.376 e. The molecule has 0 atom stereocenters. The fraction of sp³-hybridized carbons (Fsp3) is 0.571. The molecule has 0 heterocycles. The third-order valence-electron chi connectivity index (χ3n) is 4.62. The molecule has 1 fully saturated rings. The van der Waals surface area contributed by atoms with Gasteiger partial charge in [0.25, 0.3) is 0 Å². The third kappa shape index (κ3) is 2.31. The van der Waals surface area contributed by atoms with Crippen molar-refractivity contribution in [3.05, 3.63) is 28.8 Å². The summed E-state index contributed by atoms with van der Waals surface area (Å²) >= 11 is 0. The molecular formula is C14H15F3O3S. The van der Waals surface area contributed by atoms with Gasteiger partial charge in [-0.2, -0.15) is 21.6 Å². The van der Waals surface area contributed by atoms with Crippen LogP contribution in [-0.4, -0.2) is 13.9 Å². The molecule has 1 aromatic carbocycles. The molecule has 1 aromatic rings. The van der Waals surface area contributed by atoms with Crippen LogP contribution in [0.5, 0.6) is 5.75 Å². The molecule has 0 radical (unpaired) electrons. The smallest absolute Gasteiger partial charge is 0.376 e. The summed E-state index contributed by atoms with van der Waals surface area (Å²) in [7, 11) is -5.61. The highest BCUT2D eigenvalue weighted by molar-refractivity contribution is 7.88. The second kappa shape index (κ2) is 4.38. The van der Waals surface area contributed by atoms with E-state index in [9.17, 15) is 21.6 Å². The lowest BCUT2D eigenvalue weighted by atomic mass is 9.67. The van der Waals surface area contributed by atoms with Crippen molar-refractivity contribution in [2.75, 3.05) is 0 Å². The maximum Gasteiger partial charge on any atom is 0.534 e. The van der Waals surface area contributed by atoms with Crippen molar-refractivity contribution in [2.45, 2.75) is 44.5 Å². The number of halogens is 3. The summed E-state index contributed by atoms with van der Waals surface area (Å²) in [4.78, 5) is 0. The van der Waals surface area contributed by atoms with Gasteiger partial charge in [-0.15, -0.1) is 0 Å². The average Bonchev–Trinajstić information content (AvgIpc) is 2.73. The van der Waals surface area contributed by atoms with E-state index in [-0.39, 0.29) is 11.2 Å². The predicted octanol–water partition coefficient (Wildman–Crippen LogP) is 3.49. The summed E-state index contributed by atoms with van der Waals surface area (Å²) in [5, 5.41) is 0. The molecule has 1 saturated carbocycles. The largest absolute Gasteiger partial charge is 0.534 e. The summed E-state index contributed by atoms with van der Waals surface area (Å²) in [5.41, 5.74) is -2.75. The van der Waals surface area contributed by atoms with E-state index in [1.54, 1.807) is 6.07 Å². The Kier molecular flexibility index (Phi) is 3.06. The third-order valence-corrected chi connectivity index (χ3v) is 5.59. The number of benzene rings is 1. The minimum atomic E-state index is -5.61. The lowest BCUT2D eigenvalue weighted by Gasteiger charge is -2.38. The number of alkyl halides is 3. The van der Waals surface area contributed by atoms with Crippen LogP contribution in [0.15, 0.2) is 12.1 Å². The molecule has 0 unspecified atom stereocenters. The summed E-state index contributed by atoms with van der Waals surface area (Å²) in [6, 6.07) is 2.95. The molecule has 2 aliphatic carbocycles. The fourth-order valence-corrected chi connectivity index (χ4v) is 3.80. The van der Waals surface area contributed by atoms with Crippen molar-refractivity contribution in [3.63, 3.8) is 0 Å². The molecule has 116 valence electrons. The van der Waals surface area contributed by atoms with E-state index in [4.69, 9.17) is 0 Å². The van der Waals surface area contributed by atoms with E-state index < -0.39 is 15.6 Å². The Balaban J connectivity index is 1.98. The molecule has 0 saturated heterocycles. The Labute approximate surface area is 121 Å². The number of fused-ring (bicyclic) bond motifs is 1. The monoisotopic (exact) mass is 320 g/mol. The first-order chi connectivity index (χ1) is 9.64. The highest BCUT2D eigenvalue weighted by Gasteiger charge is 2.50. The van der Waals surface area contributed by atoms with E-state index >= 15 is 0 Å². The van der Waals surface area contributed by atoms with Crippen LogP contribution in [0.4, 0.5) is 13.2 Å². The van der Waals surface area contributed by atoms with Crippen LogP contribution in [-0.2, 0) is 23.0 Å². The molecular weight excluding hydrogens is 305 g/mol. The van der Waals surface area contributed by atoms with Gasteiger partial charge < -0.3 is 4.18 Å². The van der Waals surface area contributed by atoms with Gasteiger partial charge in [0.2, 0.25) is 0 Å².